The van der Waals surface area contributed by atoms with Crippen LogP contribution >= 0.6 is 0 Å². The van der Waals surface area contributed by atoms with Gasteiger partial charge in [0.1, 0.15) is 12.0 Å². The van der Waals surface area contributed by atoms with Gasteiger partial charge in [0.2, 0.25) is 0 Å². The second-order valence-electron chi connectivity index (χ2n) is 3.27. The molecule has 0 atom stereocenters. The van der Waals surface area contributed by atoms with Gasteiger partial charge in [-0.1, -0.05) is 0 Å². The molecule has 0 N–H and O–H groups in total. The summed E-state index contributed by atoms with van der Waals surface area (Å²) < 4.78 is 6.96. The maximum Gasteiger partial charge on any atom is 0.165 e. The topological polar surface area (TPSA) is 60.4 Å². The fourth-order valence-electron chi connectivity index (χ4n) is 1.65. The van der Waals surface area contributed by atoms with Gasteiger partial charge in [0.05, 0.1) is 17.3 Å². The number of carbonyl (C=O) groups is 1. The van der Waals surface area contributed by atoms with Crippen LogP contribution in [0.1, 0.15) is 10.4 Å². The monoisotopic (exact) mass is 213 g/mol. The quantitative estimate of drug-likeness (QED) is 0.609. The number of aromatic nitrogens is 3. The fourth-order valence-corrected chi connectivity index (χ4v) is 1.65. The van der Waals surface area contributed by atoms with Gasteiger partial charge in [0.15, 0.2) is 12.0 Å². The minimum atomic E-state index is 0.473. The van der Waals surface area contributed by atoms with Crippen molar-refractivity contribution < 1.29 is 9.21 Å². The Labute approximate surface area is 90.3 Å². The summed E-state index contributed by atoms with van der Waals surface area (Å²) in [5.74, 6) is 0.473. The third-order valence-corrected chi connectivity index (χ3v) is 2.37. The number of fused-ring (bicyclic) bond motifs is 1. The molecule has 3 aromatic rings. The van der Waals surface area contributed by atoms with E-state index in [2.05, 4.69) is 10.1 Å². The lowest BCUT2D eigenvalue weighted by atomic mass is 10.2. The molecular formula is C11H7N3O2. The van der Waals surface area contributed by atoms with Gasteiger partial charge in [-0.15, -0.1) is 0 Å². The zero-order valence-corrected chi connectivity index (χ0v) is 8.20. The maximum atomic E-state index is 10.8. The van der Waals surface area contributed by atoms with Gasteiger partial charge in [-0.05, 0) is 18.2 Å². The van der Waals surface area contributed by atoms with Crippen molar-refractivity contribution in [2.75, 3.05) is 0 Å². The summed E-state index contributed by atoms with van der Waals surface area (Å²) in [4.78, 5) is 15.0. The van der Waals surface area contributed by atoms with Crippen molar-refractivity contribution in [1.82, 2.24) is 14.6 Å². The minimum Gasteiger partial charge on any atom is -0.462 e. The molecule has 0 aliphatic carbocycles. The smallest absolute Gasteiger partial charge is 0.165 e. The largest absolute Gasteiger partial charge is 0.462 e. The Kier molecular flexibility index (Phi) is 1.83. The van der Waals surface area contributed by atoms with E-state index in [-0.39, 0.29) is 0 Å². The summed E-state index contributed by atoms with van der Waals surface area (Å²) in [6, 6.07) is 5.34. The molecule has 3 aromatic heterocycles. The van der Waals surface area contributed by atoms with Crippen LogP contribution in [0.5, 0.6) is 0 Å². The number of nitrogens with zero attached hydrogens (tertiary/aromatic N) is 3. The Hall–Kier alpha value is -2.43. The van der Waals surface area contributed by atoms with Gasteiger partial charge < -0.3 is 4.42 Å². The van der Waals surface area contributed by atoms with Gasteiger partial charge in [-0.2, -0.15) is 5.10 Å². The van der Waals surface area contributed by atoms with Gasteiger partial charge >= 0.3 is 0 Å². The van der Waals surface area contributed by atoms with Crippen LogP contribution in [-0.2, 0) is 0 Å². The first-order chi connectivity index (χ1) is 7.90. The lowest BCUT2D eigenvalue weighted by molar-refractivity contribution is 0.112. The van der Waals surface area contributed by atoms with E-state index in [1.54, 1.807) is 10.6 Å². The van der Waals surface area contributed by atoms with E-state index in [4.69, 9.17) is 4.42 Å². The highest BCUT2D eigenvalue weighted by molar-refractivity contribution is 5.88. The van der Waals surface area contributed by atoms with Crippen molar-refractivity contribution in [3.63, 3.8) is 0 Å². The Bertz CT molecular complexity index is 654. The molecule has 3 rings (SSSR count). The van der Waals surface area contributed by atoms with Gasteiger partial charge in [-0.25, -0.2) is 9.50 Å². The molecule has 0 amide bonds. The highest BCUT2D eigenvalue weighted by atomic mass is 16.3. The number of hydrogen-bond donors (Lipinski definition) is 0. The van der Waals surface area contributed by atoms with Gasteiger partial charge in [-0.3, -0.25) is 4.79 Å². The van der Waals surface area contributed by atoms with Crippen LogP contribution < -0.4 is 0 Å². The summed E-state index contributed by atoms with van der Waals surface area (Å²) in [7, 11) is 0. The molecule has 0 saturated carbocycles. The molecule has 5 nitrogen and oxygen atoms in total. The Morgan fingerprint density at radius 3 is 3.19 bits per heavy atom. The zero-order chi connectivity index (χ0) is 11.0. The molecule has 0 aliphatic heterocycles. The van der Waals surface area contributed by atoms with E-state index >= 15 is 0 Å². The maximum absolute atomic E-state index is 10.8. The van der Waals surface area contributed by atoms with Gasteiger partial charge in [0.25, 0.3) is 0 Å². The molecular weight excluding hydrogens is 206 g/mol. The molecule has 0 aliphatic rings. The van der Waals surface area contributed by atoms with Crippen molar-refractivity contribution in [3.8, 4) is 11.5 Å². The first kappa shape index (κ1) is 8.84. The lowest BCUT2D eigenvalue weighted by Gasteiger charge is -2.00. The SMILES string of the molecule is O=Cc1ccoc1-c1ncnn2cccc12. The first-order valence-corrected chi connectivity index (χ1v) is 4.71. The van der Waals surface area contributed by atoms with Crippen LogP contribution in [0.2, 0.25) is 0 Å². The van der Waals surface area contributed by atoms with E-state index in [0.29, 0.717) is 17.0 Å². The summed E-state index contributed by atoms with van der Waals surface area (Å²) in [5.41, 5.74) is 1.91. The molecule has 0 radical (unpaired) electrons. The average Bonchev–Trinajstić information content (AvgIpc) is 2.96. The Balaban J connectivity index is 2.33. The van der Waals surface area contributed by atoms with Crippen molar-refractivity contribution in [3.05, 3.63) is 42.5 Å². The Morgan fingerprint density at radius 2 is 2.31 bits per heavy atom. The summed E-state index contributed by atoms with van der Waals surface area (Å²) in [6.07, 6.45) is 5.46. The number of furan rings is 1. The molecule has 0 bridgehead atoms. The van der Waals surface area contributed by atoms with Crippen LogP contribution in [0.15, 0.2) is 41.4 Å². The summed E-state index contributed by atoms with van der Waals surface area (Å²) >= 11 is 0. The van der Waals surface area contributed by atoms with E-state index in [0.717, 1.165) is 11.8 Å². The van der Waals surface area contributed by atoms with Crippen LogP contribution in [0.4, 0.5) is 0 Å². The first-order valence-electron chi connectivity index (χ1n) is 4.71. The molecule has 5 heteroatoms. The van der Waals surface area contributed by atoms with Crippen LogP contribution in [0.3, 0.4) is 0 Å². The second-order valence-corrected chi connectivity index (χ2v) is 3.27. The van der Waals surface area contributed by atoms with Crippen LogP contribution in [-0.4, -0.2) is 20.9 Å². The minimum absolute atomic E-state index is 0.473. The average molecular weight is 213 g/mol. The third kappa shape index (κ3) is 1.15. The van der Waals surface area contributed by atoms with Crippen molar-refractivity contribution in [2.24, 2.45) is 0 Å². The van der Waals surface area contributed by atoms with E-state index in [1.165, 1.54) is 12.6 Å². The molecule has 3 heterocycles. The molecule has 0 fully saturated rings. The predicted octanol–water partition coefficient (Wildman–Crippen LogP) is 1.80. The number of rotatable bonds is 2. The number of carbonyl (C=O) groups excluding carboxylic acids is 1. The fraction of sp³-hybridized carbons (Fsp3) is 0. The summed E-state index contributed by atoms with van der Waals surface area (Å²) in [5, 5.41) is 4.04. The number of hydrogen-bond acceptors (Lipinski definition) is 4. The number of aldehydes is 1. The highest BCUT2D eigenvalue weighted by Crippen LogP contribution is 2.25. The third-order valence-electron chi connectivity index (χ3n) is 2.37. The van der Waals surface area contributed by atoms with Crippen molar-refractivity contribution in [1.29, 1.82) is 0 Å². The zero-order valence-electron chi connectivity index (χ0n) is 8.20. The normalized spacial score (nSPS) is 10.8. The van der Waals surface area contributed by atoms with Gasteiger partial charge in [0, 0.05) is 6.20 Å². The van der Waals surface area contributed by atoms with Crippen LogP contribution in [0.25, 0.3) is 17.0 Å². The molecule has 0 spiro atoms. The van der Waals surface area contributed by atoms with E-state index in [1.807, 2.05) is 18.3 Å². The van der Waals surface area contributed by atoms with E-state index < -0.39 is 0 Å². The van der Waals surface area contributed by atoms with Crippen LogP contribution in [0, 0.1) is 0 Å². The second kappa shape index (κ2) is 3.30. The lowest BCUT2D eigenvalue weighted by Crippen LogP contribution is -1.95. The van der Waals surface area contributed by atoms with Crippen molar-refractivity contribution in [2.45, 2.75) is 0 Å². The standard InChI is InChI=1S/C11H7N3O2/c15-6-8-3-5-16-11(8)10-9-2-1-4-14(9)13-7-12-10/h1-7H. The van der Waals surface area contributed by atoms with E-state index in [9.17, 15) is 4.79 Å². The molecule has 0 aromatic carbocycles. The summed E-state index contributed by atoms with van der Waals surface area (Å²) in [6.45, 7) is 0. The Morgan fingerprint density at radius 1 is 1.38 bits per heavy atom. The molecule has 0 unspecified atom stereocenters. The molecule has 78 valence electrons. The molecule has 16 heavy (non-hydrogen) atoms. The highest BCUT2D eigenvalue weighted by Gasteiger charge is 2.13. The molecule has 0 saturated heterocycles. The predicted molar refractivity (Wildman–Crippen MR) is 56.1 cm³/mol. The van der Waals surface area contributed by atoms with Crippen molar-refractivity contribution >= 4 is 11.8 Å².